The Kier molecular flexibility index (Phi) is 5.22. The van der Waals surface area contributed by atoms with Crippen LogP contribution < -0.4 is 5.06 Å². The summed E-state index contributed by atoms with van der Waals surface area (Å²) < 4.78 is 51.9. The second-order valence-electron chi connectivity index (χ2n) is 5.66. The van der Waals surface area contributed by atoms with Gasteiger partial charge in [0.15, 0.2) is 0 Å². The van der Waals surface area contributed by atoms with Gasteiger partial charge in [-0.05, 0) is 35.7 Å². The Morgan fingerprint density at radius 2 is 1.88 bits per heavy atom. The van der Waals surface area contributed by atoms with Gasteiger partial charge in [-0.3, -0.25) is 4.84 Å². The zero-order valence-corrected chi connectivity index (χ0v) is 14.1. The Morgan fingerprint density at radius 3 is 2.54 bits per heavy atom. The summed E-state index contributed by atoms with van der Waals surface area (Å²) in [6.07, 6.45) is -3.83. The topological polar surface area (TPSA) is 32.7 Å². The Morgan fingerprint density at radius 1 is 1.15 bits per heavy atom. The minimum atomic E-state index is -4.77. The van der Waals surface area contributed by atoms with Crippen LogP contribution in [-0.2, 0) is 17.4 Å². The van der Waals surface area contributed by atoms with Gasteiger partial charge >= 0.3 is 6.18 Å². The lowest BCUT2D eigenvalue weighted by molar-refractivity contribution is -0.140. The number of aliphatic hydroxyl groups is 1. The van der Waals surface area contributed by atoms with Gasteiger partial charge in [-0.25, -0.2) is 9.45 Å². The number of halogens is 5. The Bertz CT molecular complexity index is 838. The summed E-state index contributed by atoms with van der Waals surface area (Å²) in [6, 6.07) is 9.71. The third-order valence-electron chi connectivity index (χ3n) is 3.92. The molecule has 0 radical (unpaired) electrons. The number of anilines is 1. The van der Waals surface area contributed by atoms with Gasteiger partial charge in [-0.15, -0.1) is 0 Å². The number of nitrogens with zero attached hydrogens (tertiary/aromatic N) is 1. The highest BCUT2D eigenvalue weighted by Crippen LogP contribution is 2.40. The Hall–Kier alpha value is -2.09. The average molecular weight is 388 g/mol. The van der Waals surface area contributed by atoms with E-state index in [9.17, 15) is 17.6 Å². The van der Waals surface area contributed by atoms with Crippen molar-refractivity contribution in [1.82, 2.24) is 0 Å². The van der Waals surface area contributed by atoms with Crippen molar-refractivity contribution in [3.05, 3.63) is 76.2 Å². The van der Waals surface area contributed by atoms with E-state index in [4.69, 9.17) is 21.5 Å². The first kappa shape index (κ1) is 18.7. The van der Waals surface area contributed by atoms with Crippen LogP contribution in [0.1, 0.15) is 22.8 Å². The highest BCUT2D eigenvalue weighted by molar-refractivity contribution is 6.30. The molecule has 1 aliphatic heterocycles. The maximum Gasteiger partial charge on any atom is 0.419 e. The molecule has 1 unspecified atom stereocenters. The smallest absolute Gasteiger partial charge is 0.396 e. The molecular weight excluding hydrogens is 374 g/mol. The Labute approximate surface area is 152 Å². The van der Waals surface area contributed by atoms with Crippen LogP contribution in [0.4, 0.5) is 23.2 Å². The number of hydrogen-bond acceptors (Lipinski definition) is 3. The fourth-order valence-corrected chi connectivity index (χ4v) is 2.96. The molecule has 0 spiro atoms. The highest BCUT2D eigenvalue weighted by atomic mass is 35.5. The van der Waals surface area contributed by atoms with Crippen LogP contribution in [0, 0.1) is 5.82 Å². The predicted octanol–water partition coefficient (Wildman–Crippen LogP) is 4.95. The number of hydrogen-bond donors (Lipinski definition) is 1. The van der Waals surface area contributed by atoms with E-state index in [0.29, 0.717) is 18.2 Å². The maximum absolute atomic E-state index is 13.8. The van der Waals surface area contributed by atoms with E-state index in [1.165, 1.54) is 11.3 Å². The molecule has 0 aromatic heterocycles. The zero-order chi connectivity index (χ0) is 18.9. The van der Waals surface area contributed by atoms with E-state index in [-0.39, 0.29) is 17.2 Å². The van der Waals surface area contributed by atoms with E-state index >= 15 is 0 Å². The van der Waals surface area contributed by atoms with Crippen molar-refractivity contribution in [3.63, 3.8) is 0 Å². The molecule has 0 bridgehead atoms. The first-order valence-electron chi connectivity index (χ1n) is 7.70. The van der Waals surface area contributed by atoms with Crippen molar-refractivity contribution in [2.24, 2.45) is 0 Å². The molecule has 26 heavy (non-hydrogen) atoms. The molecular formula is C18H14ClF4NO2. The second-order valence-corrected chi connectivity index (χ2v) is 6.10. The standard InChI is InChI=1S/C18H14ClF4NO2/c19-14-10-24(16-4-2-1-3-11(16)7-8-25)26-17(14)12-5-6-13(15(20)9-12)18(21,22)23/h1-6,9-10,17,25H,7-8H2. The van der Waals surface area contributed by atoms with E-state index < -0.39 is 23.7 Å². The third kappa shape index (κ3) is 3.70. The van der Waals surface area contributed by atoms with Crippen molar-refractivity contribution in [3.8, 4) is 0 Å². The lowest BCUT2D eigenvalue weighted by Crippen LogP contribution is -2.16. The highest BCUT2D eigenvalue weighted by Gasteiger charge is 2.35. The fraction of sp³-hybridized carbons (Fsp3) is 0.222. The van der Waals surface area contributed by atoms with E-state index in [1.807, 2.05) is 6.07 Å². The van der Waals surface area contributed by atoms with Gasteiger partial charge in [0.1, 0.15) is 11.9 Å². The second kappa shape index (κ2) is 7.26. The quantitative estimate of drug-likeness (QED) is 0.753. The van der Waals surface area contributed by atoms with Gasteiger partial charge in [-0.1, -0.05) is 35.9 Å². The molecule has 0 fully saturated rings. The summed E-state index contributed by atoms with van der Waals surface area (Å²) in [5.74, 6) is -1.39. The van der Waals surface area contributed by atoms with Gasteiger partial charge in [0.2, 0.25) is 0 Å². The van der Waals surface area contributed by atoms with Crippen LogP contribution in [0.2, 0.25) is 0 Å². The Balaban J connectivity index is 1.87. The summed E-state index contributed by atoms with van der Waals surface area (Å²) in [6.45, 7) is -0.0597. The van der Waals surface area contributed by atoms with Crippen molar-refractivity contribution in [1.29, 1.82) is 0 Å². The molecule has 138 valence electrons. The van der Waals surface area contributed by atoms with Crippen LogP contribution in [0.25, 0.3) is 0 Å². The zero-order valence-electron chi connectivity index (χ0n) is 13.3. The van der Waals surface area contributed by atoms with E-state index in [0.717, 1.165) is 17.7 Å². The number of para-hydroxylation sites is 1. The molecule has 8 heteroatoms. The molecule has 2 aromatic rings. The summed E-state index contributed by atoms with van der Waals surface area (Å²) in [5.41, 5.74) is 0.257. The SMILES string of the molecule is OCCc1ccccc1N1C=C(Cl)C(c2ccc(C(F)(F)F)c(F)c2)O1. The monoisotopic (exact) mass is 387 g/mol. The lowest BCUT2D eigenvalue weighted by atomic mass is 10.1. The largest absolute Gasteiger partial charge is 0.419 e. The van der Waals surface area contributed by atoms with Crippen LogP contribution in [0.5, 0.6) is 0 Å². The first-order chi connectivity index (χ1) is 12.3. The third-order valence-corrected chi connectivity index (χ3v) is 4.22. The normalized spacial score (nSPS) is 17.5. The van der Waals surface area contributed by atoms with E-state index in [1.54, 1.807) is 18.2 Å². The molecule has 1 aliphatic rings. The van der Waals surface area contributed by atoms with Gasteiger partial charge in [-0.2, -0.15) is 13.2 Å². The van der Waals surface area contributed by atoms with Crippen LogP contribution in [0.15, 0.2) is 53.7 Å². The minimum Gasteiger partial charge on any atom is -0.396 e. The van der Waals surface area contributed by atoms with E-state index in [2.05, 4.69) is 0 Å². The van der Waals surface area contributed by atoms with Gasteiger partial charge in [0.25, 0.3) is 0 Å². The average Bonchev–Trinajstić information content (AvgIpc) is 2.96. The molecule has 3 nitrogen and oxygen atoms in total. The number of hydroxylamine groups is 1. The summed E-state index contributed by atoms with van der Waals surface area (Å²) in [5, 5.41) is 10.7. The summed E-state index contributed by atoms with van der Waals surface area (Å²) in [7, 11) is 0. The summed E-state index contributed by atoms with van der Waals surface area (Å²) in [4.78, 5) is 5.69. The van der Waals surface area contributed by atoms with Crippen molar-refractivity contribution in [2.45, 2.75) is 18.7 Å². The maximum atomic E-state index is 13.8. The summed E-state index contributed by atoms with van der Waals surface area (Å²) >= 11 is 6.17. The first-order valence-corrected chi connectivity index (χ1v) is 8.07. The number of benzene rings is 2. The van der Waals surface area contributed by atoms with Gasteiger partial charge in [0, 0.05) is 6.61 Å². The minimum absolute atomic E-state index is 0.0597. The molecule has 1 N–H and O–H groups in total. The molecule has 0 saturated heterocycles. The van der Waals surface area contributed by atoms with Gasteiger partial charge < -0.3 is 5.11 Å². The van der Waals surface area contributed by atoms with Crippen molar-refractivity contribution < 1.29 is 27.5 Å². The van der Waals surface area contributed by atoms with Crippen LogP contribution in [-0.4, -0.2) is 11.7 Å². The van der Waals surface area contributed by atoms with Crippen LogP contribution in [0.3, 0.4) is 0 Å². The van der Waals surface area contributed by atoms with Crippen LogP contribution >= 0.6 is 11.6 Å². The number of alkyl halides is 3. The van der Waals surface area contributed by atoms with Crippen molar-refractivity contribution >= 4 is 17.3 Å². The fourth-order valence-electron chi connectivity index (χ4n) is 2.70. The number of aliphatic hydroxyl groups excluding tert-OH is 1. The van der Waals surface area contributed by atoms with Gasteiger partial charge in [0.05, 0.1) is 22.5 Å². The van der Waals surface area contributed by atoms with Crippen molar-refractivity contribution in [2.75, 3.05) is 11.7 Å². The predicted molar refractivity (Wildman–Crippen MR) is 88.9 cm³/mol. The number of rotatable bonds is 4. The molecule has 3 rings (SSSR count). The molecule has 2 aromatic carbocycles. The lowest BCUT2D eigenvalue weighted by Gasteiger charge is -2.21. The molecule has 0 aliphatic carbocycles. The molecule has 0 amide bonds. The molecule has 1 atom stereocenters. The molecule has 0 saturated carbocycles. The molecule has 1 heterocycles.